The zero-order valence-corrected chi connectivity index (χ0v) is 10.7. The van der Waals surface area contributed by atoms with E-state index in [1.54, 1.807) is 12.2 Å². The number of carboxylic acids is 1. The summed E-state index contributed by atoms with van der Waals surface area (Å²) in [4.78, 5) is 33.1. The number of amides is 2. The lowest BCUT2D eigenvalue weighted by atomic mass is 9.97. The van der Waals surface area contributed by atoms with Crippen LogP contribution in [0.2, 0.25) is 0 Å². The molecule has 0 atom stereocenters. The summed E-state index contributed by atoms with van der Waals surface area (Å²) < 4.78 is 0. The summed E-state index contributed by atoms with van der Waals surface area (Å²) in [5, 5.41) is 10.4. The summed E-state index contributed by atoms with van der Waals surface area (Å²) >= 11 is 0.891. The van der Waals surface area contributed by atoms with Gasteiger partial charge in [0.1, 0.15) is 0 Å². The minimum absolute atomic E-state index is 0.353. The summed E-state index contributed by atoms with van der Waals surface area (Å²) in [6, 6.07) is 0. The van der Waals surface area contributed by atoms with Crippen molar-refractivity contribution < 1.29 is 19.5 Å². The molecule has 2 amide bonds. The highest BCUT2D eigenvalue weighted by atomic mass is 32.2. The van der Waals surface area contributed by atoms with Crippen LogP contribution in [0.4, 0.5) is 4.79 Å². The van der Waals surface area contributed by atoms with Crippen molar-refractivity contribution in [3.05, 3.63) is 46.4 Å². The highest BCUT2D eigenvalue weighted by Crippen LogP contribution is 2.27. The molecule has 6 heteroatoms. The third-order valence-corrected chi connectivity index (χ3v) is 3.42. The second-order valence-electron chi connectivity index (χ2n) is 4.01. The Morgan fingerprint density at radius 1 is 1.26 bits per heavy atom. The molecule has 2 aliphatic rings. The van der Waals surface area contributed by atoms with Crippen molar-refractivity contribution in [1.82, 2.24) is 5.32 Å². The first-order valence-electron chi connectivity index (χ1n) is 5.60. The van der Waals surface area contributed by atoms with Gasteiger partial charge in [-0.15, -0.1) is 0 Å². The predicted octanol–water partition coefficient (Wildman–Crippen LogP) is 2.14. The lowest BCUT2D eigenvalue weighted by Gasteiger charge is -2.09. The van der Waals surface area contributed by atoms with Crippen LogP contribution in [0.3, 0.4) is 0 Å². The summed E-state index contributed by atoms with van der Waals surface area (Å²) in [7, 11) is 0. The van der Waals surface area contributed by atoms with Crippen LogP contribution in [0, 0.1) is 0 Å². The number of thioether (sulfide) groups is 1. The van der Waals surface area contributed by atoms with Gasteiger partial charge in [-0.05, 0) is 41.8 Å². The minimum Gasteiger partial charge on any atom is -0.478 e. The van der Waals surface area contributed by atoms with Gasteiger partial charge in [0, 0.05) is 6.08 Å². The second-order valence-corrected chi connectivity index (χ2v) is 5.02. The number of hydrogen-bond acceptors (Lipinski definition) is 4. The van der Waals surface area contributed by atoms with E-state index in [0.717, 1.165) is 29.0 Å². The smallest absolute Gasteiger partial charge is 0.328 e. The quantitative estimate of drug-likeness (QED) is 0.772. The van der Waals surface area contributed by atoms with Gasteiger partial charge in [0.05, 0.1) is 4.91 Å². The van der Waals surface area contributed by atoms with Crippen LogP contribution < -0.4 is 5.32 Å². The van der Waals surface area contributed by atoms with Gasteiger partial charge in [-0.1, -0.05) is 18.2 Å². The minimum atomic E-state index is -0.977. The number of rotatable bonds is 3. The van der Waals surface area contributed by atoms with E-state index in [4.69, 9.17) is 5.11 Å². The van der Waals surface area contributed by atoms with Gasteiger partial charge >= 0.3 is 5.97 Å². The van der Waals surface area contributed by atoms with Crippen molar-refractivity contribution in [2.75, 3.05) is 0 Å². The van der Waals surface area contributed by atoms with Crippen LogP contribution in [0.1, 0.15) is 12.8 Å². The van der Waals surface area contributed by atoms with Gasteiger partial charge in [0.25, 0.3) is 11.1 Å². The highest BCUT2D eigenvalue weighted by Gasteiger charge is 2.25. The van der Waals surface area contributed by atoms with Crippen LogP contribution in [0.15, 0.2) is 46.4 Å². The van der Waals surface area contributed by atoms with Crippen molar-refractivity contribution >= 4 is 28.9 Å². The van der Waals surface area contributed by atoms with Crippen molar-refractivity contribution in [3.8, 4) is 0 Å². The van der Waals surface area contributed by atoms with E-state index in [2.05, 4.69) is 5.32 Å². The fraction of sp³-hybridized carbons (Fsp3) is 0.154. The van der Waals surface area contributed by atoms with Gasteiger partial charge in [-0.25, -0.2) is 4.79 Å². The highest BCUT2D eigenvalue weighted by molar-refractivity contribution is 8.18. The molecule has 2 N–H and O–H groups in total. The lowest BCUT2D eigenvalue weighted by molar-refractivity contribution is -0.131. The van der Waals surface area contributed by atoms with E-state index in [1.807, 2.05) is 12.2 Å². The number of allylic oxidation sites excluding steroid dienone is 6. The van der Waals surface area contributed by atoms with Crippen molar-refractivity contribution in [2.24, 2.45) is 0 Å². The molecule has 2 rings (SSSR count). The van der Waals surface area contributed by atoms with Crippen LogP contribution in [-0.4, -0.2) is 22.2 Å². The molecule has 0 aromatic rings. The van der Waals surface area contributed by atoms with Crippen molar-refractivity contribution in [3.63, 3.8) is 0 Å². The fourth-order valence-electron chi connectivity index (χ4n) is 1.70. The maximum absolute atomic E-state index is 11.4. The van der Waals surface area contributed by atoms with Crippen LogP contribution in [0.5, 0.6) is 0 Å². The van der Waals surface area contributed by atoms with Crippen LogP contribution in [0.25, 0.3) is 0 Å². The van der Waals surface area contributed by atoms with Gasteiger partial charge in [0.2, 0.25) is 0 Å². The average Bonchev–Trinajstić information content (AvgIpc) is 2.67. The summed E-state index contributed by atoms with van der Waals surface area (Å²) in [5.74, 6) is -1.34. The third kappa shape index (κ3) is 3.69. The monoisotopic (exact) mass is 277 g/mol. The zero-order chi connectivity index (χ0) is 13.8. The molecule has 1 heterocycles. The Kier molecular flexibility index (Phi) is 4.01. The molecule has 0 spiro atoms. The number of nitrogens with one attached hydrogen (secondary N) is 1. The zero-order valence-electron chi connectivity index (χ0n) is 9.88. The average molecular weight is 277 g/mol. The SMILES string of the molecule is O=C(O)/C=C/C1=CC=C(/C=C2\SC(=O)NC2=O)CC1. The molecule has 1 saturated heterocycles. The Morgan fingerprint density at radius 2 is 1.95 bits per heavy atom. The Labute approximate surface area is 113 Å². The van der Waals surface area contributed by atoms with Crippen LogP contribution >= 0.6 is 11.8 Å². The van der Waals surface area contributed by atoms with Gasteiger partial charge in [-0.2, -0.15) is 0 Å². The standard InChI is InChI=1S/C13H11NO4S/c15-11(16)6-5-8-1-3-9(4-2-8)7-10-12(17)14-13(18)19-10/h1,3,5-7H,2,4H2,(H,15,16)(H,14,17,18)/b6-5+,10-7-. The molecule has 0 saturated carbocycles. The number of carbonyl (C=O) groups is 3. The van der Waals surface area contributed by atoms with Crippen molar-refractivity contribution in [1.29, 1.82) is 0 Å². The molecule has 1 fully saturated rings. The molecular formula is C13H11NO4S. The predicted molar refractivity (Wildman–Crippen MR) is 71.4 cm³/mol. The van der Waals surface area contributed by atoms with Gasteiger partial charge in [0.15, 0.2) is 0 Å². The number of imide groups is 1. The van der Waals surface area contributed by atoms with E-state index in [9.17, 15) is 14.4 Å². The first kappa shape index (κ1) is 13.4. The summed E-state index contributed by atoms with van der Waals surface area (Å²) in [6.07, 6.45) is 9.41. The van der Waals surface area contributed by atoms with Gasteiger partial charge in [-0.3, -0.25) is 14.9 Å². The Morgan fingerprint density at radius 3 is 2.47 bits per heavy atom. The van der Waals surface area contributed by atoms with E-state index >= 15 is 0 Å². The number of hydrogen-bond donors (Lipinski definition) is 2. The lowest BCUT2D eigenvalue weighted by Crippen LogP contribution is -2.17. The van der Waals surface area contributed by atoms with Gasteiger partial charge < -0.3 is 5.11 Å². The first-order valence-corrected chi connectivity index (χ1v) is 6.42. The third-order valence-electron chi connectivity index (χ3n) is 2.61. The van der Waals surface area contributed by atoms with Crippen molar-refractivity contribution in [2.45, 2.75) is 12.8 Å². The molecule has 0 aromatic heterocycles. The molecule has 1 aliphatic carbocycles. The van der Waals surface area contributed by atoms with E-state index in [1.165, 1.54) is 0 Å². The number of aliphatic carboxylic acids is 1. The number of carboxylic acid groups (broad SMARTS) is 1. The largest absolute Gasteiger partial charge is 0.478 e. The molecule has 0 aromatic carbocycles. The molecule has 0 unspecified atom stereocenters. The molecule has 98 valence electrons. The Hall–Kier alpha value is -2.08. The molecule has 1 aliphatic heterocycles. The molecule has 0 bridgehead atoms. The maximum atomic E-state index is 11.4. The molecule has 19 heavy (non-hydrogen) atoms. The second kappa shape index (κ2) is 5.71. The maximum Gasteiger partial charge on any atom is 0.328 e. The summed E-state index contributed by atoms with van der Waals surface area (Å²) in [6.45, 7) is 0. The van der Waals surface area contributed by atoms with Crippen LogP contribution in [-0.2, 0) is 9.59 Å². The molecule has 5 nitrogen and oxygen atoms in total. The van der Waals surface area contributed by atoms with E-state index in [-0.39, 0.29) is 11.1 Å². The fourth-order valence-corrected chi connectivity index (χ4v) is 2.39. The topological polar surface area (TPSA) is 83.5 Å². The number of carbonyl (C=O) groups excluding carboxylic acids is 2. The molecule has 0 radical (unpaired) electrons. The summed E-state index contributed by atoms with van der Waals surface area (Å²) in [5.41, 5.74) is 1.86. The van der Waals surface area contributed by atoms with E-state index in [0.29, 0.717) is 17.7 Å². The molecular weight excluding hydrogens is 266 g/mol. The van der Waals surface area contributed by atoms with E-state index < -0.39 is 5.97 Å². The normalized spacial score (nSPS) is 21.6. The Balaban J connectivity index is 2.08. The Bertz CT molecular complexity index is 569. The first-order chi connectivity index (χ1) is 9.04.